The molecule has 1 aromatic rings. The highest BCUT2D eigenvalue weighted by Crippen LogP contribution is 2.36. The van der Waals surface area contributed by atoms with Gasteiger partial charge in [-0.2, -0.15) is 0 Å². The number of unbranched alkanes of at least 4 members (excludes halogenated alkanes) is 1. The van der Waals surface area contributed by atoms with Gasteiger partial charge in [0.2, 0.25) is 0 Å². The molecule has 0 saturated carbocycles. The molecule has 2 aliphatic rings. The maximum atomic E-state index is 5.70. The van der Waals surface area contributed by atoms with E-state index in [-0.39, 0.29) is 0 Å². The van der Waals surface area contributed by atoms with Crippen molar-refractivity contribution < 1.29 is 18.9 Å². The number of fused-ring (bicyclic) bond motifs is 2. The van der Waals surface area contributed by atoms with Crippen molar-refractivity contribution in [3.8, 4) is 11.5 Å². The zero-order valence-corrected chi connectivity index (χ0v) is 9.93. The number of rotatable bonds is 3. The van der Waals surface area contributed by atoms with Gasteiger partial charge in [0.1, 0.15) is 0 Å². The molecule has 0 bridgehead atoms. The second-order valence-corrected chi connectivity index (χ2v) is 4.29. The normalized spacial score (nSPS) is 26.6. The first-order chi connectivity index (χ1) is 8.36. The van der Waals surface area contributed by atoms with Crippen molar-refractivity contribution in [3.05, 3.63) is 12.4 Å². The lowest BCUT2D eigenvalue weighted by molar-refractivity contribution is -0.282. The second-order valence-electron chi connectivity index (χ2n) is 4.29. The van der Waals surface area contributed by atoms with Crippen molar-refractivity contribution in [2.75, 3.05) is 13.2 Å². The van der Waals surface area contributed by atoms with Crippen molar-refractivity contribution in [3.63, 3.8) is 0 Å². The number of aromatic nitrogens is 1. The summed E-state index contributed by atoms with van der Waals surface area (Å²) in [6.07, 6.45) is 5.37. The summed E-state index contributed by atoms with van der Waals surface area (Å²) in [6, 6.07) is 0. The molecule has 0 spiro atoms. The Hall–Kier alpha value is -1.20. The quantitative estimate of drug-likeness (QED) is 0.806. The van der Waals surface area contributed by atoms with Crippen molar-refractivity contribution in [2.24, 2.45) is 0 Å². The molecule has 5 nitrogen and oxygen atoms in total. The van der Waals surface area contributed by atoms with Crippen LogP contribution in [0.2, 0.25) is 0 Å². The Morgan fingerprint density at radius 2 is 1.71 bits per heavy atom. The van der Waals surface area contributed by atoms with Crippen LogP contribution in [0.4, 0.5) is 0 Å². The van der Waals surface area contributed by atoms with Crippen LogP contribution in [0.5, 0.6) is 11.5 Å². The molecule has 1 fully saturated rings. The highest BCUT2D eigenvalue weighted by Gasteiger charge is 2.36. The fourth-order valence-electron chi connectivity index (χ4n) is 2.03. The van der Waals surface area contributed by atoms with Gasteiger partial charge in [0.25, 0.3) is 12.6 Å². The second kappa shape index (κ2) is 4.58. The molecule has 3 rings (SSSR count). The third kappa shape index (κ3) is 2.12. The van der Waals surface area contributed by atoms with Crippen molar-refractivity contribution >= 4 is 0 Å². The summed E-state index contributed by atoms with van der Waals surface area (Å²) in [5.74, 6) is 1.49. The van der Waals surface area contributed by atoms with Gasteiger partial charge < -0.3 is 23.5 Å². The van der Waals surface area contributed by atoms with Gasteiger partial charge in [0.15, 0.2) is 11.5 Å². The van der Waals surface area contributed by atoms with Crippen LogP contribution in [-0.2, 0) is 16.0 Å². The Labute approximate surface area is 100 Å². The average molecular weight is 239 g/mol. The maximum Gasteiger partial charge on any atom is 0.263 e. The minimum atomic E-state index is -0.432. The first-order valence-corrected chi connectivity index (χ1v) is 6.13. The van der Waals surface area contributed by atoms with E-state index in [0.717, 1.165) is 24.5 Å². The van der Waals surface area contributed by atoms with Crippen molar-refractivity contribution in [1.29, 1.82) is 0 Å². The Kier molecular flexibility index (Phi) is 2.94. The van der Waals surface area contributed by atoms with E-state index in [9.17, 15) is 0 Å². The van der Waals surface area contributed by atoms with Crippen molar-refractivity contribution in [1.82, 2.24) is 4.57 Å². The number of hydrogen-bond acceptors (Lipinski definition) is 4. The number of aryl methyl sites for hydroxylation is 1. The molecule has 0 aliphatic carbocycles. The van der Waals surface area contributed by atoms with E-state index < -0.39 is 12.6 Å². The lowest BCUT2D eigenvalue weighted by Gasteiger charge is -2.34. The molecule has 0 aromatic carbocycles. The Morgan fingerprint density at radius 3 is 2.24 bits per heavy atom. The highest BCUT2D eigenvalue weighted by atomic mass is 16.8. The molecule has 1 saturated heterocycles. The summed E-state index contributed by atoms with van der Waals surface area (Å²) in [6.45, 7) is 4.26. The van der Waals surface area contributed by atoms with E-state index in [1.165, 1.54) is 6.42 Å². The van der Waals surface area contributed by atoms with Gasteiger partial charge in [0, 0.05) is 6.54 Å². The molecule has 5 heteroatoms. The van der Waals surface area contributed by atoms with Crippen LogP contribution in [0.1, 0.15) is 19.8 Å². The zero-order valence-electron chi connectivity index (χ0n) is 9.93. The molecule has 3 heterocycles. The first-order valence-electron chi connectivity index (χ1n) is 6.13. The van der Waals surface area contributed by atoms with Crippen LogP contribution in [0.15, 0.2) is 12.4 Å². The molecule has 2 atom stereocenters. The molecular formula is C12H17NO4. The van der Waals surface area contributed by atoms with Gasteiger partial charge in [0.05, 0.1) is 25.6 Å². The van der Waals surface area contributed by atoms with Gasteiger partial charge in [-0.15, -0.1) is 0 Å². The van der Waals surface area contributed by atoms with E-state index in [4.69, 9.17) is 18.9 Å². The first kappa shape index (κ1) is 10.9. The molecule has 2 aliphatic heterocycles. The molecule has 0 N–H and O–H groups in total. The van der Waals surface area contributed by atoms with Gasteiger partial charge in [-0.1, -0.05) is 13.3 Å². The summed E-state index contributed by atoms with van der Waals surface area (Å²) in [5.41, 5.74) is 0. The van der Waals surface area contributed by atoms with E-state index in [0.29, 0.717) is 13.2 Å². The summed E-state index contributed by atoms with van der Waals surface area (Å²) in [4.78, 5) is 0. The largest absolute Gasteiger partial charge is 0.453 e. The van der Waals surface area contributed by atoms with Gasteiger partial charge in [-0.05, 0) is 6.42 Å². The Bertz CT molecular complexity index is 358. The van der Waals surface area contributed by atoms with Crippen LogP contribution in [0, 0.1) is 0 Å². The van der Waals surface area contributed by atoms with Crippen LogP contribution in [0.3, 0.4) is 0 Å². The third-order valence-corrected chi connectivity index (χ3v) is 2.93. The summed E-state index contributed by atoms with van der Waals surface area (Å²) in [5, 5.41) is 0. The van der Waals surface area contributed by atoms with Crippen molar-refractivity contribution in [2.45, 2.75) is 38.9 Å². The molecule has 94 valence electrons. The molecular weight excluding hydrogens is 222 g/mol. The highest BCUT2D eigenvalue weighted by molar-refractivity contribution is 5.39. The monoisotopic (exact) mass is 239 g/mol. The molecule has 1 aromatic heterocycles. The third-order valence-electron chi connectivity index (χ3n) is 2.93. The SMILES string of the molecule is CCCCn1cc2c(c1)OC1OCCOC1O2. The molecule has 0 amide bonds. The van der Waals surface area contributed by atoms with E-state index in [2.05, 4.69) is 11.5 Å². The predicted octanol–water partition coefficient (Wildman–Crippen LogP) is 1.76. The minimum absolute atomic E-state index is 0.432. The van der Waals surface area contributed by atoms with E-state index >= 15 is 0 Å². The van der Waals surface area contributed by atoms with Crippen LogP contribution < -0.4 is 9.47 Å². The summed E-state index contributed by atoms with van der Waals surface area (Å²) >= 11 is 0. The number of hydrogen-bond donors (Lipinski definition) is 0. The topological polar surface area (TPSA) is 41.9 Å². The van der Waals surface area contributed by atoms with Crippen LogP contribution >= 0.6 is 0 Å². The minimum Gasteiger partial charge on any atom is -0.453 e. The number of nitrogens with zero attached hydrogens (tertiary/aromatic N) is 1. The molecule has 17 heavy (non-hydrogen) atoms. The Morgan fingerprint density at radius 1 is 1.12 bits per heavy atom. The van der Waals surface area contributed by atoms with Gasteiger partial charge in [-0.3, -0.25) is 0 Å². The fourth-order valence-corrected chi connectivity index (χ4v) is 2.03. The van der Waals surface area contributed by atoms with Crippen LogP contribution in [-0.4, -0.2) is 30.4 Å². The van der Waals surface area contributed by atoms with Gasteiger partial charge in [-0.25, -0.2) is 0 Å². The summed E-state index contributed by atoms with van der Waals surface area (Å²) < 4.78 is 24.4. The van der Waals surface area contributed by atoms with E-state index in [1.54, 1.807) is 0 Å². The van der Waals surface area contributed by atoms with Gasteiger partial charge >= 0.3 is 0 Å². The maximum absolute atomic E-state index is 5.70. The fraction of sp³-hybridized carbons (Fsp3) is 0.667. The van der Waals surface area contributed by atoms with Crippen LogP contribution in [0.25, 0.3) is 0 Å². The smallest absolute Gasteiger partial charge is 0.263 e. The van der Waals surface area contributed by atoms with E-state index in [1.807, 2.05) is 12.4 Å². The average Bonchev–Trinajstić information content (AvgIpc) is 2.75. The predicted molar refractivity (Wildman–Crippen MR) is 60.1 cm³/mol. The molecule has 0 radical (unpaired) electrons. The lowest BCUT2D eigenvalue weighted by Crippen LogP contribution is -2.47. The molecule has 2 unspecified atom stereocenters. The standard InChI is InChI=1S/C12H17NO4/c1-2-3-4-13-7-9-10(8-13)17-12-11(16-9)14-5-6-15-12/h7-8,11-12H,2-6H2,1H3. The number of ether oxygens (including phenoxy) is 4. The summed E-state index contributed by atoms with van der Waals surface area (Å²) in [7, 11) is 0. The Balaban J connectivity index is 1.74. The zero-order chi connectivity index (χ0) is 11.7. The lowest BCUT2D eigenvalue weighted by atomic mass is 10.3.